The molecule has 264 valence electrons. The predicted octanol–water partition coefficient (Wildman–Crippen LogP) is 7.22. The van der Waals surface area contributed by atoms with Crippen LogP contribution >= 0.6 is 0 Å². The summed E-state index contributed by atoms with van der Waals surface area (Å²) in [5.74, 6) is 2.18. The number of carbonyl (C=O) groups excluding carboxylic acids is 1. The number of benzene rings is 1. The molecule has 0 saturated carbocycles. The van der Waals surface area contributed by atoms with E-state index in [4.69, 9.17) is 23.8 Å². The summed E-state index contributed by atoms with van der Waals surface area (Å²) in [4.78, 5) is 21.2. The maximum atomic E-state index is 11.7. The fourth-order valence-electron chi connectivity index (χ4n) is 6.17. The fourth-order valence-corrected chi connectivity index (χ4v) is 6.17. The smallest absolute Gasteiger partial charge is 0.481 e. The summed E-state index contributed by atoms with van der Waals surface area (Å²) >= 11 is 0. The zero-order valence-electron chi connectivity index (χ0n) is 30.7. The minimum atomic E-state index is -0.512. The van der Waals surface area contributed by atoms with Crippen molar-refractivity contribution in [2.24, 2.45) is 5.92 Å². The number of hydrogen-bond donors (Lipinski definition) is 3. The molecular weight excluding hydrogens is 617 g/mol. The van der Waals surface area contributed by atoms with E-state index in [-0.39, 0.29) is 12.2 Å². The van der Waals surface area contributed by atoms with Gasteiger partial charge in [0.1, 0.15) is 11.9 Å². The van der Waals surface area contributed by atoms with Crippen molar-refractivity contribution in [3.63, 3.8) is 0 Å². The molecule has 1 aromatic heterocycles. The number of hydrogen-bond acceptors (Lipinski definition) is 9. The Morgan fingerprint density at radius 3 is 2.63 bits per heavy atom. The highest BCUT2D eigenvalue weighted by Gasteiger charge is 2.52. The second-order valence-electron chi connectivity index (χ2n) is 14.9. The van der Waals surface area contributed by atoms with Gasteiger partial charge in [-0.3, -0.25) is 0 Å². The monoisotopic (exact) mass is 671 g/mol. The minimum absolute atomic E-state index is 0.132. The lowest BCUT2D eigenvalue weighted by Gasteiger charge is -2.32. The van der Waals surface area contributed by atoms with Gasteiger partial charge in [-0.1, -0.05) is 38.1 Å². The molecule has 0 unspecified atom stereocenters. The van der Waals surface area contributed by atoms with Crippen LogP contribution in [0.2, 0.25) is 0 Å². The van der Waals surface area contributed by atoms with Gasteiger partial charge in [-0.25, -0.2) is 14.8 Å². The Balaban J connectivity index is 1.36. The van der Waals surface area contributed by atoms with Crippen LogP contribution in [0.15, 0.2) is 48.2 Å². The third-order valence-corrected chi connectivity index (χ3v) is 9.81. The number of rotatable bonds is 12. The lowest BCUT2D eigenvalue weighted by molar-refractivity contribution is 0.00578. The molecule has 1 aromatic carbocycles. The predicted molar refractivity (Wildman–Crippen MR) is 196 cm³/mol. The molecule has 3 atom stereocenters. The van der Waals surface area contributed by atoms with E-state index in [1.54, 1.807) is 6.20 Å². The average molecular weight is 672 g/mol. The van der Waals surface area contributed by atoms with Crippen molar-refractivity contribution in [3.8, 4) is 5.75 Å². The number of aromatic nitrogens is 2. The molecule has 49 heavy (non-hydrogen) atoms. The summed E-state index contributed by atoms with van der Waals surface area (Å²) in [6, 6.07) is 6.30. The second-order valence-corrected chi connectivity index (χ2v) is 14.9. The number of anilines is 1. The van der Waals surface area contributed by atoms with E-state index >= 15 is 0 Å². The topological polar surface area (TPSA) is 116 Å². The molecule has 0 bridgehead atoms. The summed E-state index contributed by atoms with van der Waals surface area (Å²) < 4.78 is 25.1. The van der Waals surface area contributed by atoms with Crippen molar-refractivity contribution >= 4 is 30.8 Å². The molecule has 1 saturated heterocycles. The number of aryl methyl sites for hydroxylation is 1. The fraction of sp³-hybridized carbons (Fsp3) is 0.553. The molecule has 3 N–H and O–H groups in total. The molecule has 11 heteroatoms. The van der Waals surface area contributed by atoms with Crippen molar-refractivity contribution in [1.29, 1.82) is 0 Å². The van der Waals surface area contributed by atoms with Crippen LogP contribution in [0.25, 0.3) is 11.6 Å². The van der Waals surface area contributed by atoms with Crippen LogP contribution in [0.1, 0.15) is 103 Å². The molecule has 3 heterocycles. The zero-order chi connectivity index (χ0) is 35.3. The van der Waals surface area contributed by atoms with Gasteiger partial charge in [0.2, 0.25) is 5.95 Å². The first-order valence-corrected chi connectivity index (χ1v) is 17.7. The van der Waals surface area contributed by atoms with Crippen LogP contribution in [0.4, 0.5) is 10.7 Å². The third-order valence-electron chi connectivity index (χ3n) is 9.81. The number of allylic oxidation sites excluding steroid dienone is 1. The van der Waals surface area contributed by atoms with Crippen molar-refractivity contribution in [2.75, 3.05) is 25.0 Å². The van der Waals surface area contributed by atoms with Crippen LogP contribution < -0.4 is 20.7 Å². The van der Waals surface area contributed by atoms with E-state index in [0.717, 1.165) is 52.9 Å². The van der Waals surface area contributed by atoms with E-state index in [9.17, 15) is 4.79 Å². The van der Waals surface area contributed by atoms with Gasteiger partial charge in [0.25, 0.3) is 0 Å². The van der Waals surface area contributed by atoms with Crippen LogP contribution in [0, 0.1) is 12.8 Å². The normalized spacial score (nSPS) is 21.6. The Kier molecular flexibility index (Phi) is 11.4. The Morgan fingerprint density at radius 2 is 1.90 bits per heavy atom. The first-order valence-electron chi connectivity index (χ1n) is 17.7. The van der Waals surface area contributed by atoms with Crippen molar-refractivity contribution < 1.29 is 23.6 Å². The van der Waals surface area contributed by atoms with Gasteiger partial charge in [0.05, 0.1) is 23.0 Å². The number of nitrogens with zero attached hydrogens (tertiary/aromatic N) is 2. The minimum Gasteiger partial charge on any atom is -0.481 e. The Hall–Kier alpha value is -3.83. The lowest BCUT2D eigenvalue weighted by Crippen LogP contribution is -2.41. The molecular formula is C38H54BN5O5. The van der Waals surface area contributed by atoms with Crippen LogP contribution in [0.3, 0.4) is 0 Å². The molecule has 1 amide bonds. The summed E-state index contributed by atoms with van der Waals surface area (Å²) in [6.07, 6.45) is 12.1. The number of alkyl carbamates (subject to hydrolysis) is 1. The molecule has 5 rings (SSSR count). The molecule has 10 nitrogen and oxygen atoms in total. The quantitative estimate of drug-likeness (QED) is 0.159. The van der Waals surface area contributed by atoms with E-state index in [2.05, 4.69) is 99.8 Å². The largest absolute Gasteiger partial charge is 0.492 e. The highest BCUT2D eigenvalue weighted by molar-refractivity contribution is 6.54. The Bertz CT molecular complexity index is 1570. The van der Waals surface area contributed by atoms with E-state index in [1.165, 1.54) is 5.56 Å². The molecule has 0 radical (unpaired) electrons. The van der Waals surface area contributed by atoms with Gasteiger partial charge in [0.15, 0.2) is 0 Å². The van der Waals surface area contributed by atoms with Gasteiger partial charge in [-0.15, -0.1) is 0 Å². The molecule has 1 aliphatic carbocycles. The first-order chi connectivity index (χ1) is 23.2. The van der Waals surface area contributed by atoms with Crippen LogP contribution in [0.5, 0.6) is 5.75 Å². The second kappa shape index (κ2) is 15.4. The standard InChI is InChI=1S/C38H54BN5O5/c1-24(2)46-36(45)42-18-11-12-25(3)21-43-35-41-19-17-32(44-35)31-23-40-22-28(39-48-37(6,7)38(8,9)49-39)20-33(31)47-34-27(5)15-16-29-26(4)13-10-14-30(29)34/h10,14-17,19-20,23-26,33,40H,11-13,18,21-22H2,1-9H3,(H,42,45)(H,41,43,44)/t25-,26-,33+/m1/s1. The number of carbonyl (C=O) groups is 1. The molecule has 2 aliphatic heterocycles. The highest BCUT2D eigenvalue weighted by Crippen LogP contribution is 2.41. The van der Waals surface area contributed by atoms with Crippen molar-refractivity contribution in [1.82, 2.24) is 20.6 Å². The Labute approximate surface area is 292 Å². The zero-order valence-corrected chi connectivity index (χ0v) is 30.7. The number of amides is 1. The van der Waals surface area contributed by atoms with Gasteiger partial charge in [0, 0.05) is 43.2 Å². The van der Waals surface area contributed by atoms with E-state index in [0.29, 0.717) is 37.4 Å². The SMILES string of the molecule is Cc1ccc2c(c1O[C@H]1C=C(B3OC(C)(C)C(C)(C)O3)CNC=C1c1ccnc(NC[C@H](C)CCCNC(=O)OC(C)C)n1)C=CC[C@H]2C. The summed E-state index contributed by atoms with van der Waals surface area (Å²) in [5.41, 5.74) is 5.18. The average Bonchev–Trinajstić information content (AvgIpc) is 3.15. The van der Waals surface area contributed by atoms with Crippen LogP contribution in [-0.2, 0) is 14.0 Å². The van der Waals surface area contributed by atoms with Crippen molar-refractivity contribution in [3.05, 3.63) is 70.6 Å². The molecule has 1 fully saturated rings. The van der Waals surface area contributed by atoms with Crippen molar-refractivity contribution in [2.45, 2.75) is 111 Å². The first kappa shape index (κ1) is 36.5. The van der Waals surface area contributed by atoms with Gasteiger partial charge in [-0.05, 0) is 108 Å². The summed E-state index contributed by atoms with van der Waals surface area (Å²) in [6.45, 7) is 20.3. The van der Waals surface area contributed by atoms with E-state index < -0.39 is 24.4 Å². The molecule has 0 spiro atoms. The number of ether oxygens (including phenoxy) is 2. The highest BCUT2D eigenvalue weighted by atomic mass is 16.7. The summed E-state index contributed by atoms with van der Waals surface area (Å²) in [7, 11) is -0.512. The van der Waals surface area contributed by atoms with Gasteiger partial charge in [-0.2, -0.15) is 0 Å². The molecule has 3 aliphatic rings. The third kappa shape index (κ3) is 8.86. The van der Waals surface area contributed by atoms with Gasteiger partial charge < -0.3 is 34.7 Å². The number of nitrogens with one attached hydrogen (secondary N) is 3. The number of fused-ring (bicyclic) bond motifs is 1. The van der Waals surface area contributed by atoms with Gasteiger partial charge >= 0.3 is 13.2 Å². The molecule has 2 aromatic rings. The summed E-state index contributed by atoms with van der Waals surface area (Å²) in [5, 5.41) is 9.72. The maximum Gasteiger partial charge on any atom is 0.492 e. The van der Waals surface area contributed by atoms with Crippen LogP contribution in [-0.4, -0.2) is 66.2 Å². The lowest BCUT2D eigenvalue weighted by atomic mass is 9.77. The Morgan fingerprint density at radius 1 is 1.14 bits per heavy atom. The van der Waals surface area contributed by atoms with E-state index in [1.807, 2.05) is 26.1 Å². The maximum absolute atomic E-state index is 11.7.